The van der Waals surface area contributed by atoms with Gasteiger partial charge in [0.25, 0.3) is 0 Å². The maximum Gasteiger partial charge on any atom is 0.327 e. The van der Waals surface area contributed by atoms with E-state index in [1.165, 1.54) is 13.2 Å². The Morgan fingerprint density at radius 1 is 1.29 bits per heavy atom. The predicted octanol–water partition coefficient (Wildman–Crippen LogP) is 3.59. The maximum atomic E-state index is 13.3. The molecule has 0 spiro atoms. The van der Waals surface area contributed by atoms with Crippen LogP contribution in [0.15, 0.2) is 53.0 Å². The lowest BCUT2D eigenvalue weighted by atomic mass is 10.1. The van der Waals surface area contributed by atoms with Crippen molar-refractivity contribution in [1.29, 1.82) is 0 Å². The molecule has 1 N–H and O–H groups in total. The molecule has 110 valence electrons. The summed E-state index contributed by atoms with van der Waals surface area (Å²) >= 11 is 3.13. The van der Waals surface area contributed by atoms with Crippen LogP contribution in [0, 0.1) is 5.82 Å². The van der Waals surface area contributed by atoms with Gasteiger partial charge in [0.1, 0.15) is 11.9 Å². The maximum absolute atomic E-state index is 13.3. The first-order valence-electron chi connectivity index (χ1n) is 6.42. The van der Waals surface area contributed by atoms with Crippen LogP contribution in [0.2, 0.25) is 0 Å². The number of hydrogen-bond acceptors (Lipinski definition) is 3. The third kappa shape index (κ3) is 4.12. The molecule has 5 heteroatoms. The van der Waals surface area contributed by atoms with Crippen molar-refractivity contribution in [3.05, 3.63) is 69.9 Å². The average molecular weight is 352 g/mol. The molecule has 21 heavy (non-hydrogen) atoms. The molecular weight excluding hydrogens is 337 g/mol. The Morgan fingerprint density at radius 2 is 2.00 bits per heavy atom. The van der Waals surface area contributed by atoms with Gasteiger partial charge in [-0.1, -0.05) is 36.4 Å². The van der Waals surface area contributed by atoms with Gasteiger partial charge in [-0.3, -0.25) is 5.32 Å². The van der Waals surface area contributed by atoms with Crippen molar-refractivity contribution in [2.24, 2.45) is 0 Å². The van der Waals surface area contributed by atoms with Crippen molar-refractivity contribution in [2.75, 3.05) is 7.11 Å². The number of hydrogen-bond donors (Lipinski definition) is 1. The van der Waals surface area contributed by atoms with E-state index < -0.39 is 12.0 Å². The Kier molecular flexibility index (Phi) is 5.47. The Morgan fingerprint density at radius 3 is 2.62 bits per heavy atom. The van der Waals surface area contributed by atoms with Crippen LogP contribution < -0.4 is 5.32 Å². The molecule has 2 rings (SSSR count). The van der Waals surface area contributed by atoms with Crippen LogP contribution >= 0.6 is 15.9 Å². The second kappa shape index (κ2) is 7.33. The van der Waals surface area contributed by atoms with Crippen LogP contribution in [-0.2, 0) is 16.1 Å². The van der Waals surface area contributed by atoms with Gasteiger partial charge < -0.3 is 4.74 Å². The number of carbonyl (C=O) groups excluding carboxylic acids is 1. The second-order valence-corrected chi connectivity index (χ2v) is 5.35. The molecule has 1 atom stereocenters. The monoisotopic (exact) mass is 351 g/mol. The van der Waals surface area contributed by atoms with Crippen LogP contribution in [0.25, 0.3) is 0 Å². The minimum atomic E-state index is -0.646. The Balaban J connectivity index is 2.18. The zero-order valence-electron chi connectivity index (χ0n) is 11.5. The number of nitrogens with one attached hydrogen (secondary N) is 1. The molecule has 0 aliphatic rings. The zero-order valence-corrected chi connectivity index (χ0v) is 13.1. The first-order valence-corrected chi connectivity index (χ1v) is 7.21. The largest absolute Gasteiger partial charge is 0.468 e. The zero-order chi connectivity index (χ0) is 15.2. The van der Waals surface area contributed by atoms with Gasteiger partial charge in [0.15, 0.2) is 0 Å². The quantitative estimate of drug-likeness (QED) is 0.836. The molecule has 0 fully saturated rings. The number of carbonyl (C=O) groups is 1. The van der Waals surface area contributed by atoms with Crippen molar-refractivity contribution in [2.45, 2.75) is 12.6 Å². The van der Waals surface area contributed by atoms with E-state index in [1.54, 1.807) is 12.1 Å². The van der Waals surface area contributed by atoms with Gasteiger partial charge >= 0.3 is 5.97 Å². The fraction of sp³-hybridized carbons (Fsp3) is 0.188. The summed E-state index contributed by atoms with van der Waals surface area (Å²) in [4.78, 5) is 11.9. The highest BCUT2D eigenvalue weighted by Gasteiger charge is 2.21. The van der Waals surface area contributed by atoms with Crippen molar-refractivity contribution >= 4 is 21.9 Å². The van der Waals surface area contributed by atoms with Crippen molar-refractivity contribution in [3.8, 4) is 0 Å². The normalized spacial score (nSPS) is 12.0. The second-order valence-electron chi connectivity index (χ2n) is 4.50. The fourth-order valence-electron chi connectivity index (χ4n) is 1.96. The van der Waals surface area contributed by atoms with E-state index in [-0.39, 0.29) is 5.82 Å². The van der Waals surface area contributed by atoms with Crippen molar-refractivity contribution < 1.29 is 13.9 Å². The number of methoxy groups -OCH3 is 1. The molecule has 0 radical (unpaired) electrons. The molecule has 0 saturated heterocycles. The van der Waals surface area contributed by atoms with Gasteiger partial charge in [0, 0.05) is 6.54 Å². The van der Waals surface area contributed by atoms with Gasteiger partial charge in [-0.15, -0.1) is 0 Å². The van der Waals surface area contributed by atoms with Crippen molar-refractivity contribution in [1.82, 2.24) is 5.32 Å². The number of rotatable bonds is 5. The van der Waals surface area contributed by atoms with Crippen LogP contribution in [0.5, 0.6) is 0 Å². The Hall–Kier alpha value is -1.72. The standard InChI is InChI=1S/C16H15BrFNO2/c1-21-16(20)15(12-7-8-14(18)13(17)9-12)19-10-11-5-3-2-4-6-11/h2-9,15,19H,10H2,1H3. The number of halogens is 2. The molecule has 2 aromatic carbocycles. The average Bonchev–Trinajstić information content (AvgIpc) is 2.51. The first kappa shape index (κ1) is 15.7. The lowest BCUT2D eigenvalue weighted by molar-refractivity contribution is -0.143. The molecule has 0 saturated carbocycles. The summed E-state index contributed by atoms with van der Waals surface area (Å²) in [5, 5.41) is 3.13. The summed E-state index contributed by atoms with van der Waals surface area (Å²) in [6.07, 6.45) is 0. The van der Waals surface area contributed by atoms with Crippen LogP contribution in [-0.4, -0.2) is 13.1 Å². The van der Waals surface area contributed by atoms with Crippen LogP contribution in [0.1, 0.15) is 17.2 Å². The molecule has 0 aliphatic heterocycles. The fourth-order valence-corrected chi connectivity index (χ4v) is 2.36. The van der Waals surface area contributed by atoms with Crippen LogP contribution in [0.3, 0.4) is 0 Å². The smallest absolute Gasteiger partial charge is 0.327 e. The molecule has 2 aromatic rings. The van der Waals surface area contributed by atoms with E-state index in [1.807, 2.05) is 30.3 Å². The summed E-state index contributed by atoms with van der Waals surface area (Å²) in [5.41, 5.74) is 1.69. The third-order valence-electron chi connectivity index (χ3n) is 3.07. The molecule has 0 aliphatic carbocycles. The van der Waals surface area contributed by atoms with E-state index in [2.05, 4.69) is 21.2 Å². The van der Waals surface area contributed by atoms with Gasteiger partial charge in [0.05, 0.1) is 11.6 Å². The van der Waals surface area contributed by atoms with Gasteiger partial charge in [-0.2, -0.15) is 0 Å². The first-order chi connectivity index (χ1) is 10.1. The highest BCUT2D eigenvalue weighted by molar-refractivity contribution is 9.10. The summed E-state index contributed by atoms with van der Waals surface area (Å²) in [6, 6.07) is 13.5. The molecule has 0 bridgehead atoms. The molecule has 3 nitrogen and oxygen atoms in total. The van der Waals surface area contributed by atoms with E-state index in [0.29, 0.717) is 16.6 Å². The summed E-state index contributed by atoms with van der Waals surface area (Å²) in [7, 11) is 1.33. The molecule has 0 aromatic heterocycles. The summed E-state index contributed by atoms with van der Waals surface area (Å²) < 4.78 is 18.4. The SMILES string of the molecule is COC(=O)C(NCc1ccccc1)c1ccc(F)c(Br)c1. The lowest BCUT2D eigenvalue weighted by Crippen LogP contribution is -2.29. The topological polar surface area (TPSA) is 38.3 Å². The molecule has 1 unspecified atom stereocenters. The van der Waals surface area contributed by atoms with E-state index >= 15 is 0 Å². The van der Waals surface area contributed by atoms with Gasteiger partial charge in [-0.05, 0) is 39.2 Å². The predicted molar refractivity (Wildman–Crippen MR) is 82.1 cm³/mol. The molecular formula is C16H15BrFNO2. The number of ether oxygens (including phenoxy) is 1. The van der Waals surface area contributed by atoms with Gasteiger partial charge in [0.2, 0.25) is 0 Å². The highest BCUT2D eigenvalue weighted by atomic mass is 79.9. The van der Waals surface area contributed by atoms with E-state index in [9.17, 15) is 9.18 Å². The summed E-state index contributed by atoms with van der Waals surface area (Å²) in [6.45, 7) is 0.510. The van der Waals surface area contributed by atoms with E-state index in [4.69, 9.17) is 4.74 Å². The van der Waals surface area contributed by atoms with Crippen molar-refractivity contribution in [3.63, 3.8) is 0 Å². The molecule has 0 heterocycles. The van der Waals surface area contributed by atoms with Gasteiger partial charge in [-0.25, -0.2) is 9.18 Å². The Bertz CT molecular complexity index is 619. The Labute approximate surface area is 131 Å². The lowest BCUT2D eigenvalue weighted by Gasteiger charge is -2.17. The minimum absolute atomic E-state index is 0.315. The number of benzene rings is 2. The minimum Gasteiger partial charge on any atom is -0.468 e. The number of esters is 1. The molecule has 0 amide bonds. The van der Waals surface area contributed by atoms with E-state index in [0.717, 1.165) is 5.56 Å². The summed E-state index contributed by atoms with van der Waals surface area (Å²) in [5.74, 6) is -0.783. The highest BCUT2D eigenvalue weighted by Crippen LogP contribution is 2.22. The van der Waals surface area contributed by atoms with Crippen LogP contribution in [0.4, 0.5) is 4.39 Å². The third-order valence-corrected chi connectivity index (χ3v) is 3.67.